The second-order valence-corrected chi connectivity index (χ2v) is 6.30. The summed E-state index contributed by atoms with van der Waals surface area (Å²) in [6.07, 6.45) is 2.14. The summed E-state index contributed by atoms with van der Waals surface area (Å²) in [7, 11) is 0. The molecule has 21 heavy (non-hydrogen) atoms. The zero-order valence-electron chi connectivity index (χ0n) is 12.0. The van der Waals surface area contributed by atoms with Gasteiger partial charge in [-0.05, 0) is 61.1 Å². The van der Waals surface area contributed by atoms with Crippen molar-refractivity contribution in [3.05, 3.63) is 70.5 Å². The third-order valence-corrected chi connectivity index (χ3v) is 4.57. The summed E-state index contributed by atoms with van der Waals surface area (Å²) in [5.74, 6) is 0.342. The third kappa shape index (κ3) is 3.45. The van der Waals surface area contributed by atoms with Gasteiger partial charge in [0.05, 0.1) is 0 Å². The predicted octanol–water partition coefficient (Wildman–Crippen LogP) is 5.08. The molecule has 3 heteroatoms. The van der Waals surface area contributed by atoms with Gasteiger partial charge in [-0.3, -0.25) is 0 Å². The topological polar surface area (TPSA) is 12.0 Å². The minimum atomic E-state index is -0.140. The van der Waals surface area contributed by atoms with Crippen LogP contribution in [-0.4, -0.2) is 6.04 Å². The lowest BCUT2D eigenvalue weighted by Gasteiger charge is -2.38. The van der Waals surface area contributed by atoms with Gasteiger partial charge in [-0.15, -0.1) is 0 Å². The first-order valence-electron chi connectivity index (χ1n) is 7.39. The van der Waals surface area contributed by atoms with E-state index in [9.17, 15) is 4.39 Å². The molecule has 1 aliphatic carbocycles. The number of nitrogens with one attached hydrogen (secondary N) is 1. The molecule has 2 aromatic rings. The zero-order chi connectivity index (χ0) is 14.8. The van der Waals surface area contributed by atoms with Gasteiger partial charge in [-0.25, -0.2) is 4.39 Å². The van der Waals surface area contributed by atoms with Crippen LogP contribution >= 0.6 is 11.6 Å². The van der Waals surface area contributed by atoms with Gasteiger partial charge in [0, 0.05) is 17.1 Å². The Bertz CT molecular complexity index is 605. The molecule has 1 fully saturated rings. The van der Waals surface area contributed by atoms with E-state index in [1.165, 1.54) is 11.6 Å². The second-order valence-electron chi connectivity index (χ2n) is 5.86. The normalized spacial score (nSPS) is 22.6. The SMILES string of the molecule is C[C@@H](NC1CC(c2cccc(F)c2)C1)c1ccc(Cl)cc1. The molecule has 1 nitrogen and oxygen atoms in total. The first-order chi connectivity index (χ1) is 10.1. The quantitative estimate of drug-likeness (QED) is 0.831. The van der Waals surface area contributed by atoms with Crippen molar-refractivity contribution in [1.29, 1.82) is 0 Å². The van der Waals surface area contributed by atoms with Gasteiger partial charge in [-0.1, -0.05) is 35.9 Å². The van der Waals surface area contributed by atoms with Gasteiger partial charge in [0.1, 0.15) is 5.82 Å². The highest BCUT2D eigenvalue weighted by molar-refractivity contribution is 6.30. The number of benzene rings is 2. The van der Waals surface area contributed by atoms with Crippen molar-refractivity contribution >= 4 is 11.6 Å². The first-order valence-corrected chi connectivity index (χ1v) is 7.76. The summed E-state index contributed by atoms with van der Waals surface area (Å²) in [4.78, 5) is 0. The van der Waals surface area contributed by atoms with Crippen LogP contribution in [0.5, 0.6) is 0 Å². The standard InChI is InChI=1S/C18H19ClFN/c1-12(13-5-7-16(19)8-6-13)21-18-10-15(11-18)14-3-2-4-17(20)9-14/h2-9,12,15,18,21H,10-11H2,1H3/t12-,15?,18?/m1/s1. The molecular weight excluding hydrogens is 285 g/mol. The molecule has 0 unspecified atom stereocenters. The minimum Gasteiger partial charge on any atom is -0.307 e. The van der Waals surface area contributed by atoms with Crippen molar-refractivity contribution in [2.24, 2.45) is 0 Å². The lowest BCUT2D eigenvalue weighted by molar-refractivity contribution is 0.270. The Morgan fingerprint density at radius 2 is 1.86 bits per heavy atom. The molecule has 0 amide bonds. The van der Waals surface area contributed by atoms with Crippen LogP contribution in [-0.2, 0) is 0 Å². The lowest BCUT2D eigenvalue weighted by Crippen LogP contribution is -2.41. The van der Waals surface area contributed by atoms with Gasteiger partial charge in [0.25, 0.3) is 0 Å². The molecular formula is C18H19ClFN. The molecule has 0 bridgehead atoms. The van der Waals surface area contributed by atoms with Crippen LogP contribution in [0.25, 0.3) is 0 Å². The van der Waals surface area contributed by atoms with E-state index in [4.69, 9.17) is 11.6 Å². The van der Waals surface area contributed by atoms with E-state index < -0.39 is 0 Å². The van der Waals surface area contributed by atoms with Gasteiger partial charge in [-0.2, -0.15) is 0 Å². The van der Waals surface area contributed by atoms with Crippen LogP contribution in [0.1, 0.15) is 42.9 Å². The van der Waals surface area contributed by atoms with E-state index in [1.54, 1.807) is 12.1 Å². The molecule has 0 aromatic heterocycles. The molecule has 0 saturated heterocycles. The van der Waals surface area contributed by atoms with Crippen molar-refractivity contribution in [1.82, 2.24) is 5.32 Å². The summed E-state index contributed by atoms with van der Waals surface area (Å²) in [5, 5.41) is 4.39. The molecule has 0 spiro atoms. The molecule has 0 heterocycles. The van der Waals surface area contributed by atoms with Crippen molar-refractivity contribution in [2.45, 2.75) is 37.8 Å². The van der Waals surface area contributed by atoms with Crippen LogP contribution in [0.2, 0.25) is 5.02 Å². The van der Waals surface area contributed by atoms with E-state index in [0.29, 0.717) is 18.0 Å². The maximum Gasteiger partial charge on any atom is 0.123 e. The van der Waals surface area contributed by atoms with Gasteiger partial charge in [0.15, 0.2) is 0 Å². The number of hydrogen-bond acceptors (Lipinski definition) is 1. The highest BCUT2D eigenvalue weighted by atomic mass is 35.5. The van der Waals surface area contributed by atoms with Crippen LogP contribution < -0.4 is 5.32 Å². The van der Waals surface area contributed by atoms with Gasteiger partial charge in [0.2, 0.25) is 0 Å². The molecule has 3 rings (SSSR count). The molecule has 1 atom stereocenters. The van der Waals surface area contributed by atoms with Crippen molar-refractivity contribution in [3.8, 4) is 0 Å². The Morgan fingerprint density at radius 3 is 2.52 bits per heavy atom. The maximum atomic E-state index is 13.2. The van der Waals surface area contributed by atoms with Crippen LogP contribution in [0, 0.1) is 5.82 Å². The van der Waals surface area contributed by atoms with Gasteiger partial charge >= 0.3 is 0 Å². The molecule has 110 valence electrons. The van der Waals surface area contributed by atoms with Crippen LogP contribution in [0.15, 0.2) is 48.5 Å². The molecule has 1 saturated carbocycles. The Kier molecular flexibility index (Phi) is 4.27. The average Bonchev–Trinajstić information content (AvgIpc) is 2.43. The van der Waals surface area contributed by atoms with Crippen LogP contribution in [0.3, 0.4) is 0 Å². The molecule has 1 aliphatic rings. The Labute approximate surface area is 130 Å². The Morgan fingerprint density at radius 1 is 1.14 bits per heavy atom. The highest BCUT2D eigenvalue weighted by Crippen LogP contribution is 2.38. The maximum absolute atomic E-state index is 13.2. The summed E-state index contributed by atoms with van der Waals surface area (Å²) in [6, 6.07) is 15.7. The van der Waals surface area contributed by atoms with Crippen LogP contribution in [0.4, 0.5) is 4.39 Å². The van der Waals surface area contributed by atoms with E-state index in [2.05, 4.69) is 24.4 Å². The van der Waals surface area contributed by atoms with Gasteiger partial charge < -0.3 is 5.32 Å². The fourth-order valence-corrected chi connectivity index (χ4v) is 3.11. The Balaban J connectivity index is 1.54. The zero-order valence-corrected chi connectivity index (χ0v) is 12.8. The third-order valence-electron chi connectivity index (χ3n) is 4.31. The average molecular weight is 304 g/mol. The summed E-state index contributed by atoms with van der Waals surface area (Å²) < 4.78 is 13.2. The lowest BCUT2D eigenvalue weighted by atomic mass is 9.75. The van der Waals surface area contributed by atoms with E-state index in [1.807, 2.05) is 18.2 Å². The fraction of sp³-hybridized carbons (Fsp3) is 0.333. The predicted molar refractivity (Wildman–Crippen MR) is 85.2 cm³/mol. The highest BCUT2D eigenvalue weighted by Gasteiger charge is 2.31. The number of rotatable bonds is 4. The Hall–Kier alpha value is -1.38. The smallest absolute Gasteiger partial charge is 0.123 e. The van der Waals surface area contributed by atoms with Crippen molar-refractivity contribution in [3.63, 3.8) is 0 Å². The first kappa shape index (κ1) is 14.6. The van der Waals surface area contributed by atoms with Crippen molar-refractivity contribution in [2.75, 3.05) is 0 Å². The van der Waals surface area contributed by atoms with Crippen molar-refractivity contribution < 1.29 is 4.39 Å². The largest absolute Gasteiger partial charge is 0.307 e. The molecule has 1 N–H and O–H groups in total. The number of hydrogen-bond donors (Lipinski definition) is 1. The van der Waals surface area contributed by atoms with E-state index in [0.717, 1.165) is 23.4 Å². The number of halogens is 2. The summed E-state index contributed by atoms with van der Waals surface area (Å²) in [6.45, 7) is 2.17. The molecule has 0 radical (unpaired) electrons. The van der Waals surface area contributed by atoms with E-state index >= 15 is 0 Å². The van der Waals surface area contributed by atoms with E-state index in [-0.39, 0.29) is 5.82 Å². The summed E-state index contributed by atoms with van der Waals surface area (Å²) >= 11 is 5.91. The monoisotopic (exact) mass is 303 g/mol. The molecule has 2 aromatic carbocycles. The summed E-state index contributed by atoms with van der Waals surface area (Å²) in [5.41, 5.74) is 2.36. The minimum absolute atomic E-state index is 0.140. The molecule has 0 aliphatic heterocycles. The fourth-order valence-electron chi connectivity index (χ4n) is 2.99. The second kappa shape index (κ2) is 6.17.